The number of anilines is 1. The van der Waals surface area contributed by atoms with Gasteiger partial charge in [0.25, 0.3) is 0 Å². The third kappa shape index (κ3) is 1.80. The Morgan fingerprint density at radius 1 is 1.43 bits per heavy atom. The molecule has 14 heavy (non-hydrogen) atoms. The summed E-state index contributed by atoms with van der Waals surface area (Å²) in [7, 11) is 0. The average Bonchev–Trinajstić information content (AvgIpc) is 2.06. The SMILES string of the molecule is Cc1cc(OC2CCC2)c(Cl)cc1N. The fourth-order valence-corrected chi connectivity index (χ4v) is 1.65. The minimum atomic E-state index is 0.357. The van der Waals surface area contributed by atoms with E-state index in [9.17, 15) is 0 Å². The van der Waals surface area contributed by atoms with Gasteiger partial charge in [0, 0.05) is 5.69 Å². The Morgan fingerprint density at radius 3 is 2.71 bits per heavy atom. The summed E-state index contributed by atoms with van der Waals surface area (Å²) in [4.78, 5) is 0. The maximum atomic E-state index is 6.02. The van der Waals surface area contributed by atoms with Crippen molar-refractivity contribution in [3.63, 3.8) is 0 Å². The number of nitrogen functional groups attached to an aromatic ring is 1. The van der Waals surface area contributed by atoms with Crippen LogP contribution in [0.25, 0.3) is 0 Å². The van der Waals surface area contributed by atoms with Crippen molar-refractivity contribution in [2.75, 3.05) is 5.73 Å². The van der Waals surface area contributed by atoms with Crippen molar-refractivity contribution in [3.05, 3.63) is 22.7 Å². The monoisotopic (exact) mass is 211 g/mol. The van der Waals surface area contributed by atoms with Crippen molar-refractivity contribution in [3.8, 4) is 5.75 Å². The lowest BCUT2D eigenvalue weighted by Crippen LogP contribution is -2.24. The Morgan fingerprint density at radius 2 is 2.14 bits per heavy atom. The molecule has 2 rings (SSSR count). The molecule has 1 aromatic carbocycles. The van der Waals surface area contributed by atoms with Crippen LogP contribution < -0.4 is 10.5 Å². The Hall–Kier alpha value is -0.890. The lowest BCUT2D eigenvalue weighted by molar-refractivity contribution is 0.120. The minimum absolute atomic E-state index is 0.357. The fourth-order valence-electron chi connectivity index (χ4n) is 1.43. The quantitative estimate of drug-likeness (QED) is 0.763. The van der Waals surface area contributed by atoms with E-state index in [4.69, 9.17) is 22.1 Å². The molecule has 0 atom stereocenters. The molecule has 0 spiro atoms. The third-order valence-electron chi connectivity index (χ3n) is 2.67. The molecule has 1 aromatic rings. The van der Waals surface area contributed by atoms with E-state index in [1.54, 1.807) is 6.07 Å². The highest BCUT2D eigenvalue weighted by molar-refractivity contribution is 6.32. The summed E-state index contributed by atoms with van der Waals surface area (Å²) in [6, 6.07) is 3.67. The van der Waals surface area contributed by atoms with Crippen molar-refractivity contribution in [1.82, 2.24) is 0 Å². The molecular weight excluding hydrogens is 198 g/mol. The van der Waals surface area contributed by atoms with Gasteiger partial charge in [0.1, 0.15) is 5.75 Å². The largest absolute Gasteiger partial charge is 0.489 e. The average molecular weight is 212 g/mol. The molecule has 0 amide bonds. The molecule has 1 aliphatic rings. The number of aryl methyl sites for hydroxylation is 1. The first-order valence-corrected chi connectivity index (χ1v) is 5.27. The van der Waals surface area contributed by atoms with E-state index >= 15 is 0 Å². The predicted octanol–water partition coefficient (Wildman–Crippen LogP) is 3.16. The molecule has 76 valence electrons. The number of rotatable bonds is 2. The first kappa shape index (κ1) is 9.66. The van der Waals surface area contributed by atoms with Gasteiger partial charge in [-0.2, -0.15) is 0 Å². The standard InChI is InChI=1S/C11H14ClNO/c1-7-5-11(9(12)6-10(7)13)14-8-3-2-4-8/h5-6,8H,2-4,13H2,1H3. The maximum Gasteiger partial charge on any atom is 0.138 e. The summed E-state index contributed by atoms with van der Waals surface area (Å²) in [5.41, 5.74) is 7.46. The van der Waals surface area contributed by atoms with Crippen molar-refractivity contribution >= 4 is 17.3 Å². The number of nitrogens with two attached hydrogens (primary N) is 1. The van der Waals surface area contributed by atoms with Gasteiger partial charge >= 0.3 is 0 Å². The van der Waals surface area contributed by atoms with Crippen molar-refractivity contribution < 1.29 is 4.74 Å². The molecule has 2 nitrogen and oxygen atoms in total. The van der Waals surface area contributed by atoms with Gasteiger partial charge in [0.15, 0.2) is 0 Å². The van der Waals surface area contributed by atoms with Crippen LogP contribution in [0.4, 0.5) is 5.69 Å². The molecule has 0 heterocycles. The zero-order valence-corrected chi connectivity index (χ0v) is 8.97. The van der Waals surface area contributed by atoms with Gasteiger partial charge < -0.3 is 10.5 Å². The van der Waals surface area contributed by atoms with Crippen LogP contribution in [0.5, 0.6) is 5.75 Å². The molecule has 3 heteroatoms. The van der Waals surface area contributed by atoms with E-state index in [2.05, 4.69) is 0 Å². The molecule has 0 bridgehead atoms. The number of ether oxygens (including phenoxy) is 1. The Labute approximate surface area is 89.0 Å². The molecule has 1 fully saturated rings. The Kier molecular flexibility index (Phi) is 2.55. The van der Waals surface area contributed by atoms with E-state index < -0.39 is 0 Å². The van der Waals surface area contributed by atoms with E-state index in [0.29, 0.717) is 11.1 Å². The van der Waals surface area contributed by atoms with Crippen molar-refractivity contribution in [1.29, 1.82) is 0 Å². The van der Waals surface area contributed by atoms with Gasteiger partial charge in [0.05, 0.1) is 11.1 Å². The minimum Gasteiger partial charge on any atom is -0.489 e. The molecule has 0 aromatic heterocycles. The summed E-state index contributed by atoms with van der Waals surface area (Å²) in [5, 5.41) is 0.611. The van der Waals surface area contributed by atoms with E-state index in [1.807, 2.05) is 13.0 Å². The molecule has 0 radical (unpaired) electrons. The fraction of sp³-hybridized carbons (Fsp3) is 0.455. The van der Waals surface area contributed by atoms with E-state index in [-0.39, 0.29) is 0 Å². The number of hydrogen-bond acceptors (Lipinski definition) is 2. The first-order chi connectivity index (χ1) is 6.66. The van der Waals surface area contributed by atoms with Crippen LogP contribution in [-0.2, 0) is 0 Å². The summed E-state index contributed by atoms with van der Waals surface area (Å²) >= 11 is 6.02. The second kappa shape index (κ2) is 3.70. The zero-order valence-electron chi connectivity index (χ0n) is 8.22. The highest BCUT2D eigenvalue weighted by atomic mass is 35.5. The van der Waals surface area contributed by atoms with Crippen LogP contribution in [0.1, 0.15) is 24.8 Å². The van der Waals surface area contributed by atoms with Crippen molar-refractivity contribution in [2.24, 2.45) is 0 Å². The Bertz CT molecular complexity index is 347. The topological polar surface area (TPSA) is 35.2 Å². The number of benzene rings is 1. The predicted molar refractivity (Wildman–Crippen MR) is 58.9 cm³/mol. The maximum absolute atomic E-state index is 6.02. The normalized spacial score (nSPS) is 16.4. The van der Waals surface area contributed by atoms with Crippen molar-refractivity contribution in [2.45, 2.75) is 32.3 Å². The molecule has 1 saturated carbocycles. The van der Waals surface area contributed by atoms with Gasteiger partial charge in [-0.05, 0) is 43.9 Å². The highest BCUT2D eigenvalue weighted by Gasteiger charge is 2.20. The smallest absolute Gasteiger partial charge is 0.138 e. The van der Waals surface area contributed by atoms with Gasteiger partial charge in [0.2, 0.25) is 0 Å². The lowest BCUT2D eigenvalue weighted by atomic mass is 9.96. The summed E-state index contributed by atoms with van der Waals surface area (Å²) in [6.45, 7) is 1.96. The van der Waals surface area contributed by atoms with Gasteiger partial charge in [-0.25, -0.2) is 0 Å². The summed E-state index contributed by atoms with van der Waals surface area (Å²) < 4.78 is 5.73. The number of hydrogen-bond donors (Lipinski definition) is 1. The van der Waals surface area contributed by atoms with Crippen LogP contribution in [-0.4, -0.2) is 6.10 Å². The Balaban J connectivity index is 2.19. The van der Waals surface area contributed by atoms with Crippen LogP contribution in [0, 0.1) is 6.92 Å². The summed E-state index contributed by atoms with van der Waals surface area (Å²) in [6.07, 6.45) is 3.89. The van der Waals surface area contributed by atoms with Crippen LogP contribution >= 0.6 is 11.6 Å². The van der Waals surface area contributed by atoms with Gasteiger partial charge in [-0.15, -0.1) is 0 Å². The molecular formula is C11H14ClNO. The molecule has 0 aliphatic heterocycles. The van der Waals surface area contributed by atoms with Gasteiger partial charge in [-0.1, -0.05) is 11.6 Å². The van der Waals surface area contributed by atoms with E-state index in [0.717, 1.165) is 29.8 Å². The van der Waals surface area contributed by atoms with Crippen LogP contribution in [0.3, 0.4) is 0 Å². The van der Waals surface area contributed by atoms with Gasteiger partial charge in [-0.3, -0.25) is 0 Å². The second-order valence-electron chi connectivity index (χ2n) is 3.81. The second-order valence-corrected chi connectivity index (χ2v) is 4.22. The van der Waals surface area contributed by atoms with Crippen LogP contribution in [0.15, 0.2) is 12.1 Å². The van der Waals surface area contributed by atoms with E-state index in [1.165, 1.54) is 6.42 Å². The molecule has 2 N–H and O–H groups in total. The first-order valence-electron chi connectivity index (χ1n) is 4.89. The molecule has 0 unspecified atom stereocenters. The number of halogens is 1. The lowest BCUT2D eigenvalue weighted by Gasteiger charge is -2.27. The third-order valence-corrected chi connectivity index (χ3v) is 2.96. The highest BCUT2D eigenvalue weighted by Crippen LogP contribution is 2.33. The molecule has 1 aliphatic carbocycles. The molecule has 0 saturated heterocycles. The van der Waals surface area contributed by atoms with Crippen LogP contribution in [0.2, 0.25) is 5.02 Å². The zero-order chi connectivity index (χ0) is 10.1. The summed E-state index contributed by atoms with van der Waals surface area (Å²) in [5.74, 6) is 0.767.